The summed E-state index contributed by atoms with van der Waals surface area (Å²) in [7, 11) is -2.35. The van der Waals surface area contributed by atoms with Gasteiger partial charge in [0.25, 0.3) is 0 Å². The van der Waals surface area contributed by atoms with Gasteiger partial charge in [-0.25, -0.2) is 23.2 Å². The second kappa shape index (κ2) is 11.0. The molecule has 41 heavy (non-hydrogen) atoms. The summed E-state index contributed by atoms with van der Waals surface area (Å²) in [5.41, 5.74) is 3.25. The number of nitrogens with two attached hydrogens (primary N) is 1. The maximum absolute atomic E-state index is 14.9. The molecule has 1 unspecified atom stereocenters. The lowest BCUT2D eigenvalue weighted by molar-refractivity contribution is 0.0691. The number of carboxylic acid groups (broad SMARTS) is 1. The molecule has 1 saturated carbocycles. The normalized spacial score (nSPS) is 14.0. The van der Waals surface area contributed by atoms with Crippen LogP contribution in [-0.2, 0) is 28.0 Å². The Bertz CT molecular complexity index is 1830. The SMILES string of the molecule is N[SH+](=O)c1ccc(Cc2c(-c3ccc(F)c(-c4ccc(F)s4)c3)nn(-c3nc(C(=O)O)cs3)c2CC2CC2)cc1F. The van der Waals surface area contributed by atoms with E-state index in [2.05, 4.69) is 4.98 Å². The first-order valence-corrected chi connectivity index (χ1v) is 15.6. The summed E-state index contributed by atoms with van der Waals surface area (Å²) in [5, 5.41) is 21.1. The first-order valence-electron chi connectivity index (χ1n) is 12.5. The minimum absolute atomic E-state index is 0.0757. The molecule has 1 aliphatic rings. The van der Waals surface area contributed by atoms with Crippen LogP contribution >= 0.6 is 22.7 Å². The van der Waals surface area contributed by atoms with Crippen LogP contribution in [0.25, 0.3) is 26.8 Å². The number of aromatic carboxylic acids is 1. The number of rotatable bonds is 9. The summed E-state index contributed by atoms with van der Waals surface area (Å²) < 4.78 is 56.8. The van der Waals surface area contributed by atoms with Gasteiger partial charge in [-0.05, 0) is 73.2 Å². The topological polar surface area (TPSA) is 111 Å². The quantitative estimate of drug-likeness (QED) is 0.149. The molecule has 1 aliphatic carbocycles. The number of hydrogen-bond acceptors (Lipinski definition) is 6. The molecule has 13 heteroatoms. The van der Waals surface area contributed by atoms with Crippen LogP contribution in [0.5, 0.6) is 0 Å². The van der Waals surface area contributed by atoms with Crippen LogP contribution in [0.15, 0.2) is 58.8 Å². The average molecular weight is 616 g/mol. The van der Waals surface area contributed by atoms with Crippen LogP contribution in [0.4, 0.5) is 13.2 Å². The summed E-state index contributed by atoms with van der Waals surface area (Å²) in [6.07, 6.45) is 2.91. The second-order valence-electron chi connectivity index (χ2n) is 9.74. The van der Waals surface area contributed by atoms with Crippen molar-refractivity contribution in [1.29, 1.82) is 0 Å². The molecule has 3 heterocycles. The van der Waals surface area contributed by atoms with Crippen LogP contribution in [0.1, 0.15) is 40.2 Å². The molecule has 0 saturated heterocycles. The van der Waals surface area contributed by atoms with Crippen molar-refractivity contribution < 1.29 is 27.3 Å². The molecular weight excluding hydrogens is 594 g/mol. The molecule has 1 atom stereocenters. The van der Waals surface area contributed by atoms with E-state index in [-0.39, 0.29) is 22.6 Å². The van der Waals surface area contributed by atoms with E-state index in [9.17, 15) is 27.3 Å². The van der Waals surface area contributed by atoms with Crippen molar-refractivity contribution in [2.75, 3.05) is 0 Å². The van der Waals surface area contributed by atoms with E-state index in [1.807, 2.05) is 0 Å². The molecular formula is C28H22F3N4O3S3+. The predicted octanol–water partition coefficient (Wildman–Crippen LogP) is 6.31. The van der Waals surface area contributed by atoms with Crippen molar-refractivity contribution >= 4 is 39.6 Å². The Labute approximate surface area is 242 Å². The summed E-state index contributed by atoms with van der Waals surface area (Å²) >= 11 is 1.96. The van der Waals surface area contributed by atoms with Crippen LogP contribution < -0.4 is 5.14 Å². The fraction of sp³-hybridized carbons (Fsp3) is 0.179. The summed E-state index contributed by atoms with van der Waals surface area (Å²) in [6, 6.07) is 11.6. The number of benzene rings is 2. The maximum atomic E-state index is 14.9. The van der Waals surface area contributed by atoms with E-state index < -0.39 is 33.7 Å². The van der Waals surface area contributed by atoms with Crippen molar-refractivity contribution in [3.05, 3.63) is 93.2 Å². The minimum Gasteiger partial charge on any atom is -0.476 e. The molecule has 0 spiro atoms. The largest absolute Gasteiger partial charge is 0.476 e. The zero-order chi connectivity index (χ0) is 28.8. The zero-order valence-corrected chi connectivity index (χ0v) is 23.7. The van der Waals surface area contributed by atoms with Crippen molar-refractivity contribution in [3.8, 4) is 26.8 Å². The molecule has 7 nitrogen and oxygen atoms in total. The van der Waals surface area contributed by atoms with E-state index in [0.29, 0.717) is 39.2 Å². The molecule has 1 fully saturated rings. The van der Waals surface area contributed by atoms with E-state index in [1.165, 1.54) is 35.7 Å². The number of thiazole rings is 1. The van der Waals surface area contributed by atoms with E-state index in [1.54, 1.807) is 22.9 Å². The van der Waals surface area contributed by atoms with E-state index >= 15 is 0 Å². The van der Waals surface area contributed by atoms with Gasteiger partial charge in [-0.3, -0.25) is 0 Å². The highest BCUT2D eigenvalue weighted by Gasteiger charge is 2.30. The Morgan fingerprint density at radius 2 is 1.90 bits per heavy atom. The third-order valence-electron chi connectivity index (χ3n) is 6.87. The minimum atomic E-state index is -2.35. The van der Waals surface area contributed by atoms with Gasteiger partial charge < -0.3 is 5.11 Å². The highest BCUT2D eigenvalue weighted by Crippen LogP contribution is 2.39. The van der Waals surface area contributed by atoms with E-state index in [4.69, 9.17) is 10.2 Å². The average Bonchev–Trinajstić information content (AvgIpc) is 3.28. The van der Waals surface area contributed by atoms with Crippen molar-refractivity contribution in [1.82, 2.24) is 14.8 Å². The molecule has 0 bridgehead atoms. The molecule has 0 amide bonds. The number of nitrogens with zero attached hydrogens (tertiary/aromatic N) is 3. The molecule has 6 rings (SSSR count). The number of thiol groups is 1. The Morgan fingerprint density at radius 1 is 1.10 bits per heavy atom. The predicted molar refractivity (Wildman–Crippen MR) is 152 cm³/mol. The first kappa shape index (κ1) is 27.5. The van der Waals surface area contributed by atoms with Gasteiger partial charge in [-0.15, -0.1) is 27.8 Å². The Balaban J connectivity index is 1.54. The van der Waals surface area contributed by atoms with Gasteiger partial charge >= 0.3 is 5.97 Å². The van der Waals surface area contributed by atoms with Gasteiger partial charge in [0.05, 0.1) is 11.4 Å². The molecule has 3 N–H and O–H groups in total. The second-order valence-corrected chi connectivity index (χ2v) is 12.7. The smallest absolute Gasteiger partial charge is 0.355 e. The van der Waals surface area contributed by atoms with Gasteiger partial charge in [0, 0.05) is 33.4 Å². The lowest BCUT2D eigenvalue weighted by atomic mass is 9.96. The van der Waals surface area contributed by atoms with Crippen molar-refractivity contribution in [3.63, 3.8) is 0 Å². The first-order chi connectivity index (χ1) is 19.7. The summed E-state index contributed by atoms with van der Waals surface area (Å²) in [6.45, 7) is 0. The zero-order valence-electron chi connectivity index (χ0n) is 21.2. The monoisotopic (exact) mass is 615 g/mol. The molecule has 5 aromatic rings. The Kier molecular flexibility index (Phi) is 7.36. The number of hydrogen-bond donors (Lipinski definition) is 2. The lowest BCUT2D eigenvalue weighted by Gasteiger charge is -2.10. The fourth-order valence-corrected chi connectivity index (χ4v) is 6.71. The highest BCUT2D eigenvalue weighted by molar-refractivity contribution is 7.82. The molecule has 0 radical (unpaired) electrons. The number of carbonyl (C=O) groups is 1. The number of halogens is 3. The number of carboxylic acids is 1. The van der Waals surface area contributed by atoms with Gasteiger partial charge in [0.2, 0.25) is 10.0 Å². The number of thiophene rings is 1. The lowest BCUT2D eigenvalue weighted by Crippen LogP contribution is -2.07. The van der Waals surface area contributed by atoms with Gasteiger partial charge in [-0.1, -0.05) is 10.3 Å². The van der Waals surface area contributed by atoms with Crippen LogP contribution in [0.2, 0.25) is 0 Å². The van der Waals surface area contributed by atoms with Crippen LogP contribution in [0.3, 0.4) is 0 Å². The molecule has 210 valence electrons. The number of aromatic nitrogens is 3. The Morgan fingerprint density at radius 3 is 2.54 bits per heavy atom. The van der Waals surface area contributed by atoms with E-state index in [0.717, 1.165) is 46.8 Å². The molecule has 0 aliphatic heterocycles. The van der Waals surface area contributed by atoms with Crippen LogP contribution in [-0.4, -0.2) is 25.8 Å². The van der Waals surface area contributed by atoms with Gasteiger partial charge in [0.1, 0.15) is 5.82 Å². The third-order valence-corrected chi connectivity index (χ3v) is 9.43. The standard InChI is InChI=1S/C28H21F3N4O3S3/c29-19-5-4-16(12-17(19)23-6-8-25(31)40-23)26-18(9-15-3-7-24(41(32)38)20(30)10-15)22(11-14-1-2-14)35(34-26)28-33-21(13-39-28)27(36)37/h3-8,10,12-14H,1-2,9,11H2,(H2,32,38)(H,36,37)/p+1. The molecule has 3 aromatic heterocycles. The van der Waals surface area contributed by atoms with Gasteiger partial charge in [0.15, 0.2) is 27.6 Å². The third kappa shape index (κ3) is 5.62. The van der Waals surface area contributed by atoms with Crippen LogP contribution in [0, 0.1) is 22.7 Å². The molecule has 2 aromatic carbocycles. The summed E-state index contributed by atoms with van der Waals surface area (Å²) in [5.74, 6) is -1.97. The highest BCUT2D eigenvalue weighted by atomic mass is 32.2. The van der Waals surface area contributed by atoms with Gasteiger partial charge in [-0.2, -0.15) is 9.49 Å². The summed E-state index contributed by atoms with van der Waals surface area (Å²) in [4.78, 5) is 16.2. The Hall–Kier alpha value is -3.65. The fourth-order valence-electron chi connectivity index (χ4n) is 4.69. The van der Waals surface area contributed by atoms with Crippen molar-refractivity contribution in [2.24, 2.45) is 11.1 Å². The maximum Gasteiger partial charge on any atom is 0.355 e. The van der Waals surface area contributed by atoms with Crippen molar-refractivity contribution in [2.45, 2.75) is 30.6 Å².